The summed E-state index contributed by atoms with van der Waals surface area (Å²) in [6.07, 6.45) is 16.6. The fourth-order valence-corrected chi connectivity index (χ4v) is 15.5. The smallest absolute Gasteiger partial charge is 0.216 e. The summed E-state index contributed by atoms with van der Waals surface area (Å²) in [5.41, 5.74) is 0. The van der Waals surface area contributed by atoms with Crippen molar-refractivity contribution in [3.05, 3.63) is 0 Å². The molecule has 0 fully saturated rings. The zero-order valence-corrected chi connectivity index (χ0v) is 18.1. The first-order valence-corrected chi connectivity index (χ1v) is 14.1. The molecule has 0 aromatic rings. The lowest BCUT2D eigenvalue weighted by Gasteiger charge is -2.17. The van der Waals surface area contributed by atoms with Crippen LogP contribution in [0.1, 0.15) is 80.1 Å². The van der Waals surface area contributed by atoms with Gasteiger partial charge in [0, 0.05) is 37.0 Å². The van der Waals surface area contributed by atoms with Crippen LogP contribution >= 0.6 is 14.1 Å². The standard InChI is InChI=1S/C18H42NP2.H2O/c1-7-13-20(14-8-2,15-9-3)19-21(16-10-4,17-11-5)18-12-6;/h7-18H2,1-6H3;1H2/q+1;/p-1. The minimum atomic E-state index is -1.03. The first-order chi connectivity index (χ1) is 10.1. The largest absolute Gasteiger partial charge is 0.870 e. The van der Waals surface area contributed by atoms with Crippen molar-refractivity contribution in [1.29, 1.82) is 0 Å². The molecule has 0 aliphatic carbocycles. The Hall–Kier alpha value is 0.530. The lowest BCUT2D eigenvalue weighted by molar-refractivity contribution is 0.824. The Morgan fingerprint density at radius 2 is 0.636 bits per heavy atom. The zero-order valence-electron chi connectivity index (χ0n) is 16.3. The predicted octanol–water partition coefficient (Wildman–Crippen LogP) is 6.74. The van der Waals surface area contributed by atoms with Gasteiger partial charge in [-0.05, 0) is 38.5 Å². The summed E-state index contributed by atoms with van der Waals surface area (Å²) in [7, 11) is -2.06. The highest BCUT2D eigenvalue weighted by Crippen LogP contribution is 2.55. The lowest BCUT2D eigenvalue weighted by Crippen LogP contribution is -2.07. The van der Waals surface area contributed by atoms with Gasteiger partial charge in [-0.1, -0.05) is 41.5 Å². The average molecular weight is 351 g/mol. The second-order valence-corrected chi connectivity index (χ2v) is 14.4. The van der Waals surface area contributed by atoms with E-state index in [1.165, 1.54) is 75.5 Å². The van der Waals surface area contributed by atoms with Crippen LogP contribution in [0.4, 0.5) is 0 Å². The molecule has 136 valence electrons. The van der Waals surface area contributed by atoms with Crippen molar-refractivity contribution in [2.24, 2.45) is 0 Å². The molecule has 0 unspecified atom stereocenters. The van der Waals surface area contributed by atoms with E-state index in [1.54, 1.807) is 0 Å². The van der Waals surface area contributed by atoms with Crippen LogP contribution in [0, 0.1) is 0 Å². The Bertz CT molecular complexity index is 294. The molecule has 1 N–H and O–H groups in total. The van der Waals surface area contributed by atoms with Gasteiger partial charge in [-0.2, -0.15) is 4.17 Å². The number of rotatable bonds is 12. The zero-order chi connectivity index (χ0) is 16.2. The summed E-state index contributed by atoms with van der Waals surface area (Å²) < 4.78 is 5.90. The molecule has 0 aliphatic rings. The molecular weight excluding hydrogens is 308 g/mol. The maximum atomic E-state index is 5.90. The van der Waals surface area contributed by atoms with Gasteiger partial charge in [-0.15, -0.1) is 0 Å². The van der Waals surface area contributed by atoms with E-state index in [9.17, 15) is 0 Å². The normalized spacial score (nSPS) is 11.9. The second kappa shape index (κ2) is 13.9. The molecule has 0 spiro atoms. The molecule has 0 saturated carbocycles. The van der Waals surface area contributed by atoms with E-state index in [1.807, 2.05) is 0 Å². The Morgan fingerprint density at radius 1 is 0.455 bits per heavy atom. The van der Waals surface area contributed by atoms with E-state index < -0.39 is 14.1 Å². The van der Waals surface area contributed by atoms with Crippen LogP contribution in [0.15, 0.2) is 0 Å². The van der Waals surface area contributed by atoms with Crippen molar-refractivity contribution in [3.63, 3.8) is 0 Å². The van der Waals surface area contributed by atoms with E-state index in [0.29, 0.717) is 0 Å². The fraction of sp³-hybridized carbons (Fsp3) is 1.00. The second-order valence-electron chi connectivity index (χ2n) is 6.62. The van der Waals surface area contributed by atoms with Crippen LogP contribution in [-0.4, -0.2) is 42.4 Å². The van der Waals surface area contributed by atoms with Crippen molar-refractivity contribution in [3.8, 4) is 0 Å². The van der Waals surface area contributed by atoms with E-state index in [0.717, 1.165) is 0 Å². The van der Waals surface area contributed by atoms with Gasteiger partial charge in [0.2, 0.25) is 14.1 Å². The lowest BCUT2D eigenvalue weighted by atomic mass is 10.6. The highest BCUT2D eigenvalue weighted by Gasteiger charge is 2.33. The minimum absolute atomic E-state index is 0. The summed E-state index contributed by atoms with van der Waals surface area (Å²) in [6, 6.07) is 0. The van der Waals surface area contributed by atoms with Gasteiger partial charge in [-0.3, -0.25) is 0 Å². The van der Waals surface area contributed by atoms with Crippen molar-refractivity contribution < 1.29 is 5.48 Å². The molecular formula is C18H43NOP2. The SMILES string of the molecule is CCCP(CCC)(CCC)=[N+]=P(CCC)(CCC)CCC.[OH-]. The van der Waals surface area contributed by atoms with E-state index in [2.05, 4.69) is 41.5 Å². The van der Waals surface area contributed by atoms with E-state index in [4.69, 9.17) is 4.17 Å². The number of hydrogen-bond acceptors (Lipinski definition) is 1. The first-order valence-electron chi connectivity index (χ1n) is 9.54. The maximum Gasteiger partial charge on any atom is 0.216 e. The Morgan fingerprint density at radius 3 is 0.773 bits per heavy atom. The molecule has 0 aromatic heterocycles. The predicted molar refractivity (Wildman–Crippen MR) is 109 cm³/mol. The van der Waals surface area contributed by atoms with Gasteiger partial charge in [0.1, 0.15) is 0 Å². The third kappa shape index (κ3) is 8.40. The molecule has 0 saturated heterocycles. The summed E-state index contributed by atoms with van der Waals surface area (Å²) in [5, 5.41) is 0. The Balaban J connectivity index is 0. The molecule has 0 bridgehead atoms. The Labute approximate surface area is 141 Å². The van der Waals surface area contributed by atoms with Crippen molar-refractivity contribution >= 4 is 14.1 Å². The molecule has 0 aromatic carbocycles. The van der Waals surface area contributed by atoms with Crippen LogP contribution in [0.2, 0.25) is 0 Å². The minimum Gasteiger partial charge on any atom is -0.870 e. The van der Waals surface area contributed by atoms with Gasteiger partial charge in [-0.25, -0.2) is 0 Å². The molecule has 4 heteroatoms. The number of hydrogen-bond donors (Lipinski definition) is 0. The molecule has 2 nitrogen and oxygen atoms in total. The van der Waals surface area contributed by atoms with Crippen molar-refractivity contribution in [2.45, 2.75) is 80.1 Å². The first kappa shape index (κ1) is 24.8. The van der Waals surface area contributed by atoms with Crippen LogP contribution in [0.5, 0.6) is 0 Å². The van der Waals surface area contributed by atoms with Crippen LogP contribution in [0.25, 0.3) is 0 Å². The monoisotopic (exact) mass is 351 g/mol. The molecule has 0 aliphatic heterocycles. The highest BCUT2D eigenvalue weighted by molar-refractivity contribution is 7.73. The maximum absolute atomic E-state index is 5.90. The van der Waals surface area contributed by atoms with Gasteiger partial charge < -0.3 is 5.48 Å². The summed E-state index contributed by atoms with van der Waals surface area (Å²) in [4.78, 5) is 0. The fourth-order valence-electron chi connectivity index (χ4n) is 3.84. The number of nitrogens with zero attached hydrogens (tertiary/aromatic N) is 1. The molecule has 0 atom stereocenters. The summed E-state index contributed by atoms with van der Waals surface area (Å²) in [6.45, 7) is 14.2. The van der Waals surface area contributed by atoms with Gasteiger partial charge >= 0.3 is 0 Å². The summed E-state index contributed by atoms with van der Waals surface area (Å²) in [5.74, 6) is 0. The Kier molecular flexibility index (Phi) is 15.7. The van der Waals surface area contributed by atoms with E-state index in [-0.39, 0.29) is 5.48 Å². The van der Waals surface area contributed by atoms with Crippen molar-refractivity contribution in [2.75, 3.05) is 37.0 Å². The van der Waals surface area contributed by atoms with Gasteiger partial charge in [0.15, 0.2) is 0 Å². The molecule has 22 heavy (non-hydrogen) atoms. The molecule has 0 amide bonds. The quantitative estimate of drug-likeness (QED) is 0.283. The molecule has 0 radical (unpaired) electrons. The van der Waals surface area contributed by atoms with Gasteiger partial charge in [0.05, 0.1) is 0 Å². The van der Waals surface area contributed by atoms with Gasteiger partial charge in [0.25, 0.3) is 0 Å². The molecule has 0 heterocycles. The summed E-state index contributed by atoms with van der Waals surface area (Å²) >= 11 is 0. The van der Waals surface area contributed by atoms with Crippen molar-refractivity contribution in [1.82, 2.24) is 4.17 Å². The average Bonchev–Trinajstić information content (AvgIpc) is 2.40. The van der Waals surface area contributed by atoms with E-state index >= 15 is 0 Å². The molecule has 0 rings (SSSR count). The third-order valence-corrected chi connectivity index (χ3v) is 14.9. The topological polar surface area (TPSA) is 44.1 Å². The highest BCUT2D eigenvalue weighted by atomic mass is 31.2. The van der Waals surface area contributed by atoms with Crippen LogP contribution in [-0.2, 0) is 0 Å². The third-order valence-electron chi connectivity index (χ3n) is 4.22. The van der Waals surface area contributed by atoms with Crippen LogP contribution in [0.3, 0.4) is 0 Å². The van der Waals surface area contributed by atoms with Crippen LogP contribution < -0.4 is 4.17 Å².